The first-order valence-corrected chi connectivity index (χ1v) is 5.31. The van der Waals surface area contributed by atoms with Gasteiger partial charge in [-0.05, 0) is 18.6 Å². The summed E-state index contributed by atoms with van der Waals surface area (Å²) in [5, 5.41) is 3.90. The van der Waals surface area contributed by atoms with E-state index in [-0.39, 0.29) is 6.04 Å². The van der Waals surface area contributed by atoms with E-state index in [2.05, 4.69) is 22.0 Å². The summed E-state index contributed by atoms with van der Waals surface area (Å²) < 4.78 is 5.13. The molecule has 84 valence electrons. The van der Waals surface area contributed by atoms with Gasteiger partial charge in [-0.2, -0.15) is 4.98 Å². The van der Waals surface area contributed by atoms with Crippen LogP contribution >= 0.6 is 0 Å². The van der Waals surface area contributed by atoms with Gasteiger partial charge in [0.05, 0.1) is 6.04 Å². The summed E-state index contributed by atoms with van der Waals surface area (Å²) in [6.45, 7) is 2.07. The van der Waals surface area contributed by atoms with E-state index >= 15 is 0 Å². The molecule has 0 radical (unpaired) electrons. The second kappa shape index (κ2) is 4.85. The maximum absolute atomic E-state index is 5.89. The second-order valence-corrected chi connectivity index (χ2v) is 3.59. The fourth-order valence-electron chi connectivity index (χ4n) is 1.44. The Morgan fingerprint density at radius 3 is 2.81 bits per heavy atom. The van der Waals surface area contributed by atoms with Gasteiger partial charge in [-0.1, -0.05) is 18.5 Å². The van der Waals surface area contributed by atoms with Crippen LogP contribution in [0.3, 0.4) is 0 Å². The number of nitrogens with zero attached hydrogens (tertiary/aromatic N) is 3. The van der Waals surface area contributed by atoms with Gasteiger partial charge >= 0.3 is 0 Å². The highest BCUT2D eigenvalue weighted by Crippen LogP contribution is 2.18. The second-order valence-electron chi connectivity index (χ2n) is 3.59. The highest BCUT2D eigenvalue weighted by atomic mass is 16.5. The van der Waals surface area contributed by atoms with Gasteiger partial charge in [-0.3, -0.25) is 4.98 Å². The van der Waals surface area contributed by atoms with Gasteiger partial charge in [0.2, 0.25) is 11.7 Å². The van der Waals surface area contributed by atoms with Gasteiger partial charge in [-0.25, -0.2) is 0 Å². The van der Waals surface area contributed by atoms with Crippen LogP contribution in [0, 0.1) is 0 Å². The van der Waals surface area contributed by atoms with Gasteiger partial charge in [0.15, 0.2) is 0 Å². The predicted octanol–water partition coefficient (Wildman–Crippen LogP) is 1.93. The third-order valence-corrected chi connectivity index (χ3v) is 2.30. The van der Waals surface area contributed by atoms with Crippen LogP contribution in [0.15, 0.2) is 29.0 Å². The van der Waals surface area contributed by atoms with Crippen LogP contribution in [0.25, 0.3) is 11.4 Å². The molecule has 0 fully saturated rings. The van der Waals surface area contributed by atoms with Crippen molar-refractivity contribution in [1.29, 1.82) is 0 Å². The summed E-state index contributed by atoms with van der Waals surface area (Å²) in [4.78, 5) is 8.20. The minimum Gasteiger partial charge on any atom is -0.337 e. The molecule has 5 nitrogen and oxygen atoms in total. The molecule has 0 spiro atoms. The number of aromatic nitrogens is 3. The summed E-state index contributed by atoms with van der Waals surface area (Å²) in [5.74, 6) is 1.05. The number of pyridine rings is 1. The fraction of sp³-hybridized carbons (Fsp3) is 0.364. The zero-order valence-corrected chi connectivity index (χ0v) is 9.13. The molecule has 0 unspecified atom stereocenters. The Kier molecular flexibility index (Phi) is 3.26. The van der Waals surface area contributed by atoms with E-state index in [0.717, 1.165) is 18.4 Å². The number of hydrogen-bond acceptors (Lipinski definition) is 5. The van der Waals surface area contributed by atoms with Crippen LogP contribution in [-0.4, -0.2) is 15.1 Å². The highest BCUT2D eigenvalue weighted by molar-refractivity contribution is 5.52. The third kappa shape index (κ3) is 2.25. The van der Waals surface area contributed by atoms with Crippen LogP contribution in [0.5, 0.6) is 0 Å². The van der Waals surface area contributed by atoms with E-state index in [0.29, 0.717) is 11.7 Å². The molecule has 0 aliphatic rings. The molecule has 2 aromatic heterocycles. The highest BCUT2D eigenvalue weighted by Gasteiger charge is 2.14. The maximum Gasteiger partial charge on any atom is 0.243 e. The van der Waals surface area contributed by atoms with E-state index < -0.39 is 0 Å². The molecule has 2 aromatic rings. The van der Waals surface area contributed by atoms with Crippen molar-refractivity contribution in [1.82, 2.24) is 15.1 Å². The molecule has 0 saturated carbocycles. The summed E-state index contributed by atoms with van der Waals surface area (Å²) in [7, 11) is 0. The molecule has 0 aliphatic heterocycles. The van der Waals surface area contributed by atoms with Crippen molar-refractivity contribution in [3.05, 3.63) is 30.4 Å². The van der Waals surface area contributed by atoms with E-state index in [9.17, 15) is 0 Å². The van der Waals surface area contributed by atoms with Crippen molar-refractivity contribution in [2.45, 2.75) is 25.8 Å². The normalized spacial score (nSPS) is 12.6. The average Bonchev–Trinajstić information content (AvgIpc) is 2.80. The van der Waals surface area contributed by atoms with E-state index in [1.54, 1.807) is 12.4 Å². The smallest absolute Gasteiger partial charge is 0.243 e. The molecule has 16 heavy (non-hydrogen) atoms. The van der Waals surface area contributed by atoms with Gasteiger partial charge in [0, 0.05) is 18.0 Å². The molecule has 1 atom stereocenters. The van der Waals surface area contributed by atoms with Crippen molar-refractivity contribution in [3.8, 4) is 11.4 Å². The zero-order valence-electron chi connectivity index (χ0n) is 9.13. The number of hydrogen-bond donors (Lipinski definition) is 1. The minimum absolute atomic E-state index is 0.173. The first-order chi connectivity index (χ1) is 7.81. The Hall–Kier alpha value is -1.75. The van der Waals surface area contributed by atoms with E-state index in [4.69, 9.17) is 10.3 Å². The molecule has 0 amide bonds. The van der Waals surface area contributed by atoms with E-state index in [1.807, 2.05) is 12.1 Å². The molecule has 5 heteroatoms. The monoisotopic (exact) mass is 218 g/mol. The van der Waals surface area contributed by atoms with Crippen molar-refractivity contribution >= 4 is 0 Å². The number of rotatable bonds is 4. The lowest BCUT2D eigenvalue weighted by molar-refractivity contribution is 0.348. The molecule has 0 saturated heterocycles. The lowest BCUT2D eigenvalue weighted by Crippen LogP contribution is -2.09. The lowest BCUT2D eigenvalue weighted by Gasteiger charge is -2.02. The minimum atomic E-state index is -0.173. The molecule has 2 heterocycles. The Bertz CT molecular complexity index is 440. The van der Waals surface area contributed by atoms with E-state index in [1.165, 1.54) is 0 Å². The van der Waals surface area contributed by atoms with Crippen LogP contribution in [0.4, 0.5) is 0 Å². The molecule has 0 aromatic carbocycles. The van der Waals surface area contributed by atoms with Crippen LogP contribution in [-0.2, 0) is 0 Å². The van der Waals surface area contributed by atoms with Crippen molar-refractivity contribution < 1.29 is 4.52 Å². The number of nitrogens with two attached hydrogens (primary N) is 1. The van der Waals surface area contributed by atoms with Gasteiger partial charge in [0.25, 0.3) is 0 Å². The van der Waals surface area contributed by atoms with Crippen LogP contribution < -0.4 is 5.73 Å². The third-order valence-electron chi connectivity index (χ3n) is 2.30. The summed E-state index contributed by atoms with van der Waals surface area (Å²) >= 11 is 0. The van der Waals surface area contributed by atoms with Crippen molar-refractivity contribution in [2.75, 3.05) is 0 Å². The zero-order chi connectivity index (χ0) is 11.4. The van der Waals surface area contributed by atoms with Gasteiger partial charge < -0.3 is 10.3 Å². The molecule has 2 N–H and O–H groups in total. The Morgan fingerprint density at radius 1 is 1.38 bits per heavy atom. The Morgan fingerprint density at radius 2 is 2.12 bits per heavy atom. The topological polar surface area (TPSA) is 77.8 Å². The van der Waals surface area contributed by atoms with Crippen LogP contribution in [0.1, 0.15) is 31.7 Å². The van der Waals surface area contributed by atoms with Gasteiger partial charge in [-0.15, -0.1) is 0 Å². The first-order valence-electron chi connectivity index (χ1n) is 5.31. The van der Waals surface area contributed by atoms with Crippen molar-refractivity contribution in [3.63, 3.8) is 0 Å². The standard InChI is InChI=1S/C11H14N4O/c1-2-3-9(12)11-14-10(15-16-11)8-4-6-13-7-5-8/h4-7,9H,2-3,12H2,1H3/t9-/m1/s1. The average molecular weight is 218 g/mol. The Labute approximate surface area is 93.7 Å². The quantitative estimate of drug-likeness (QED) is 0.848. The lowest BCUT2D eigenvalue weighted by atomic mass is 10.2. The largest absolute Gasteiger partial charge is 0.337 e. The first kappa shape index (κ1) is 10.8. The fourth-order valence-corrected chi connectivity index (χ4v) is 1.44. The van der Waals surface area contributed by atoms with Crippen molar-refractivity contribution in [2.24, 2.45) is 5.73 Å². The molecule has 0 aliphatic carbocycles. The Balaban J connectivity index is 2.20. The predicted molar refractivity (Wildman–Crippen MR) is 59.4 cm³/mol. The summed E-state index contributed by atoms with van der Waals surface area (Å²) in [6, 6.07) is 3.49. The summed E-state index contributed by atoms with van der Waals surface area (Å²) in [6.07, 6.45) is 5.22. The molecular formula is C11H14N4O. The van der Waals surface area contributed by atoms with Gasteiger partial charge in [0.1, 0.15) is 0 Å². The summed E-state index contributed by atoms with van der Waals surface area (Å²) in [5.41, 5.74) is 6.77. The maximum atomic E-state index is 5.89. The molecule has 2 rings (SSSR count). The molecular weight excluding hydrogens is 204 g/mol. The molecule has 0 bridgehead atoms. The SMILES string of the molecule is CCC[C@@H](N)c1nc(-c2ccncc2)no1. The van der Waals surface area contributed by atoms with Crippen LogP contribution in [0.2, 0.25) is 0 Å².